The average molecular weight is 301 g/mol. The number of aliphatic carboxylic acids is 2. The first-order valence-electron chi connectivity index (χ1n) is 6.56. The van der Waals surface area contributed by atoms with Gasteiger partial charge in [0.2, 0.25) is 0 Å². The van der Waals surface area contributed by atoms with E-state index in [-0.39, 0.29) is 0 Å². The molecule has 0 saturated heterocycles. The molecule has 0 amide bonds. The van der Waals surface area contributed by atoms with Crippen molar-refractivity contribution in [3.05, 3.63) is 54.6 Å². The van der Waals surface area contributed by atoms with E-state index < -0.39 is 25.0 Å². The molecule has 114 valence electrons. The van der Waals surface area contributed by atoms with Crippen molar-refractivity contribution < 1.29 is 24.5 Å². The molecule has 0 aliphatic rings. The minimum absolute atomic E-state index is 0.402. The quantitative estimate of drug-likeness (QED) is 0.817. The predicted octanol–water partition coefficient (Wildman–Crippen LogP) is 2.45. The van der Waals surface area contributed by atoms with E-state index >= 15 is 0 Å². The smallest absolute Gasteiger partial charge is 0.323 e. The maximum Gasteiger partial charge on any atom is 0.323 e. The van der Waals surface area contributed by atoms with E-state index in [2.05, 4.69) is 0 Å². The second-order valence-corrected chi connectivity index (χ2v) is 4.56. The highest BCUT2D eigenvalue weighted by molar-refractivity contribution is 5.79. The summed E-state index contributed by atoms with van der Waals surface area (Å²) >= 11 is 0. The molecule has 2 N–H and O–H groups in total. The molecule has 0 aliphatic heterocycles. The molecule has 6 nitrogen and oxygen atoms in total. The first-order chi connectivity index (χ1) is 10.5. The lowest BCUT2D eigenvalue weighted by atomic mass is 10.2. The summed E-state index contributed by atoms with van der Waals surface area (Å²) in [6, 6.07) is 15.8. The van der Waals surface area contributed by atoms with Crippen LogP contribution in [-0.2, 0) is 9.59 Å². The Hall–Kier alpha value is -3.02. The lowest BCUT2D eigenvalue weighted by Crippen LogP contribution is -2.34. The molecule has 0 saturated carbocycles. The fourth-order valence-electron chi connectivity index (χ4n) is 1.93. The van der Waals surface area contributed by atoms with Crippen LogP contribution < -0.4 is 9.64 Å². The van der Waals surface area contributed by atoms with Gasteiger partial charge in [-0.2, -0.15) is 0 Å². The van der Waals surface area contributed by atoms with E-state index in [0.717, 1.165) is 0 Å². The van der Waals surface area contributed by atoms with Gasteiger partial charge >= 0.3 is 11.9 Å². The number of anilines is 1. The molecule has 0 unspecified atom stereocenters. The van der Waals surface area contributed by atoms with Crippen LogP contribution >= 0.6 is 0 Å². The summed E-state index contributed by atoms with van der Waals surface area (Å²) in [7, 11) is 0. The Morgan fingerprint density at radius 2 is 1.45 bits per heavy atom. The van der Waals surface area contributed by atoms with Crippen LogP contribution in [0.1, 0.15) is 0 Å². The van der Waals surface area contributed by atoms with Crippen molar-refractivity contribution in [2.24, 2.45) is 0 Å². The summed E-state index contributed by atoms with van der Waals surface area (Å²) in [4.78, 5) is 23.0. The van der Waals surface area contributed by atoms with E-state index in [1.165, 1.54) is 4.90 Å². The Morgan fingerprint density at radius 1 is 0.864 bits per heavy atom. The molecule has 6 heteroatoms. The summed E-state index contributed by atoms with van der Waals surface area (Å²) in [5.41, 5.74) is 0.471. The van der Waals surface area contributed by atoms with Crippen LogP contribution in [0.15, 0.2) is 54.6 Å². The topological polar surface area (TPSA) is 87.1 Å². The van der Waals surface area contributed by atoms with Crippen LogP contribution in [0, 0.1) is 0 Å². The molecule has 2 rings (SSSR count). The second kappa shape index (κ2) is 7.12. The molecular weight excluding hydrogens is 286 g/mol. The van der Waals surface area contributed by atoms with Crippen LogP contribution in [0.25, 0.3) is 0 Å². The first-order valence-corrected chi connectivity index (χ1v) is 6.56. The molecule has 0 aliphatic carbocycles. The summed E-state index contributed by atoms with van der Waals surface area (Å²) in [6.07, 6.45) is 0. The molecule has 0 spiro atoms. The Labute approximate surface area is 127 Å². The molecular formula is C16H15NO5. The number of carboxylic acid groups (broad SMARTS) is 2. The van der Waals surface area contributed by atoms with Crippen molar-refractivity contribution in [3.63, 3.8) is 0 Å². The third kappa shape index (κ3) is 4.52. The normalized spacial score (nSPS) is 10.0. The second-order valence-electron chi connectivity index (χ2n) is 4.56. The van der Waals surface area contributed by atoms with Gasteiger partial charge < -0.3 is 19.8 Å². The molecule has 2 aromatic rings. The van der Waals surface area contributed by atoms with Gasteiger partial charge in [0.05, 0.1) is 0 Å². The first kappa shape index (κ1) is 15.4. The van der Waals surface area contributed by atoms with Crippen LogP contribution in [0.4, 0.5) is 5.69 Å². The molecule has 0 atom stereocenters. The highest BCUT2D eigenvalue weighted by Gasteiger charge is 2.14. The van der Waals surface area contributed by atoms with Crippen molar-refractivity contribution in [2.75, 3.05) is 18.0 Å². The molecule has 2 aromatic carbocycles. The Bertz CT molecular complexity index is 641. The highest BCUT2D eigenvalue weighted by Crippen LogP contribution is 2.25. The zero-order valence-corrected chi connectivity index (χ0v) is 11.7. The maximum absolute atomic E-state index is 10.9. The zero-order chi connectivity index (χ0) is 15.9. The van der Waals surface area contributed by atoms with Crippen molar-refractivity contribution >= 4 is 17.6 Å². The van der Waals surface area contributed by atoms with Crippen LogP contribution in [0.2, 0.25) is 0 Å². The van der Waals surface area contributed by atoms with Crippen molar-refractivity contribution in [1.82, 2.24) is 0 Å². The molecule has 0 fully saturated rings. The lowest BCUT2D eigenvalue weighted by molar-refractivity contribution is -0.136. The van der Waals surface area contributed by atoms with Crippen LogP contribution in [0.3, 0.4) is 0 Å². The number of carboxylic acids is 2. The van der Waals surface area contributed by atoms with Gasteiger partial charge in [0, 0.05) is 11.8 Å². The number of carbonyl (C=O) groups is 2. The van der Waals surface area contributed by atoms with E-state index in [1.807, 2.05) is 18.2 Å². The molecule has 0 radical (unpaired) electrons. The van der Waals surface area contributed by atoms with Crippen molar-refractivity contribution in [2.45, 2.75) is 0 Å². The summed E-state index contributed by atoms with van der Waals surface area (Å²) < 4.78 is 5.66. The monoisotopic (exact) mass is 301 g/mol. The van der Waals surface area contributed by atoms with Gasteiger partial charge in [-0.15, -0.1) is 0 Å². The third-order valence-electron chi connectivity index (χ3n) is 2.81. The number of para-hydroxylation sites is 1. The molecule has 0 heterocycles. The van der Waals surface area contributed by atoms with E-state index in [9.17, 15) is 9.59 Å². The third-order valence-corrected chi connectivity index (χ3v) is 2.81. The lowest BCUT2D eigenvalue weighted by Gasteiger charge is -2.21. The van der Waals surface area contributed by atoms with Crippen molar-refractivity contribution in [3.8, 4) is 11.5 Å². The van der Waals surface area contributed by atoms with Gasteiger partial charge in [-0.1, -0.05) is 24.3 Å². The highest BCUT2D eigenvalue weighted by atomic mass is 16.5. The average Bonchev–Trinajstić information content (AvgIpc) is 2.47. The maximum atomic E-state index is 10.9. The number of rotatable bonds is 7. The van der Waals surface area contributed by atoms with E-state index in [4.69, 9.17) is 14.9 Å². The number of nitrogens with zero attached hydrogens (tertiary/aromatic N) is 1. The number of hydrogen-bond donors (Lipinski definition) is 2. The molecule has 0 bridgehead atoms. The standard InChI is InChI=1S/C16H15NO5/c18-15(19)10-17(11-16(20)21)12-5-4-8-14(9-12)22-13-6-2-1-3-7-13/h1-9H,10-11H2,(H,18,19)(H,20,21). The fourth-order valence-corrected chi connectivity index (χ4v) is 1.93. The minimum Gasteiger partial charge on any atom is -0.480 e. The molecule has 22 heavy (non-hydrogen) atoms. The number of ether oxygens (including phenoxy) is 1. The van der Waals surface area contributed by atoms with Gasteiger partial charge in [0.15, 0.2) is 0 Å². The zero-order valence-electron chi connectivity index (χ0n) is 11.7. The molecule has 0 aromatic heterocycles. The van der Waals surface area contributed by atoms with Crippen molar-refractivity contribution in [1.29, 1.82) is 0 Å². The van der Waals surface area contributed by atoms with Crippen LogP contribution in [-0.4, -0.2) is 35.2 Å². The van der Waals surface area contributed by atoms with E-state index in [0.29, 0.717) is 17.2 Å². The summed E-state index contributed by atoms with van der Waals surface area (Å²) in [5.74, 6) is -1.06. The SMILES string of the molecule is O=C(O)CN(CC(=O)O)c1cccc(Oc2ccccc2)c1. The summed E-state index contributed by atoms with van der Waals surface area (Å²) in [6.45, 7) is -0.803. The van der Waals surface area contributed by atoms with Gasteiger partial charge in [-0.3, -0.25) is 9.59 Å². The number of hydrogen-bond acceptors (Lipinski definition) is 4. The minimum atomic E-state index is -1.10. The number of benzene rings is 2. The summed E-state index contributed by atoms with van der Waals surface area (Å²) in [5, 5.41) is 17.8. The Morgan fingerprint density at radius 3 is 2.05 bits per heavy atom. The van der Waals surface area contributed by atoms with Gasteiger partial charge in [-0.05, 0) is 24.3 Å². The van der Waals surface area contributed by atoms with Crippen LogP contribution in [0.5, 0.6) is 11.5 Å². The largest absolute Gasteiger partial charge is 0.480 e. The predicted molar refractivity (Wildman–Crippen MR) is 80.4 cm³/mol. The van der Waals surface area contributed by atoms with Gasteiger partial charge in [0.1, 0.15) is 24.6 Å². The fraction of sp³-hybridized carbons (Fsp3) is 0.125. The Balaban J connectivity index is 2.20. The van der Waals surface area contributed by atoms with Gasteiger partial charge in [0.25, 0.3) is 0 Å². The Kier molecular flexibility index (Phi) is 4.98. The van der Waals surface area contributed by atoms with E-state index in [1.54, 1.807) is 36.4 Å². The van der Waals surface area contributed by atoms with Gasteiger partial charge in [-0.25, -0.2) is 0 Å².